The average Bonchev–Trinajstić information content (AvgIpc) is 2.46. The van der Waals surface area contributed by atoms with Crippen molar-refractivity contribution in [3.05, 3.63) is 59.7 Å². The Morgan fingerprint density at radius 2 is 1.85 bits per heavy atom. The number of ketones is 1. The van der Waals surface area contributed by atoms with Crippen LogP contribution in [0.3, 0.4) is 0 Å². The molecule has 3 nitrogen and oxygen atoms in total. The maximum Gasteiger partial charge on any atom is 0.137 e. The maximum absolute atomic E-state index is 12.0. The van der Waals surface area contributed by atoms with Crippen LogP contribution in [-0.2, 0) is 17.6 Å². The summed E-state index contributed by atoms with van der Waals surface area (Å²) in [5, 5.41) is 0. The monoisotopic (exact) mass is 269 g/mol. The molecule has 3 heteroatoms. The summed E-state index contributed by atoms with van der Waals surface area (Å²) < 4.78 is 5.11. The number of nitrogen functional groups attached to an aromatic ring is 1. The first kappa shape index (κ1) is 14.1. The van der Waals surface area contributed by atoms with Crippen LogP contribution in [0.25, 0.3) is 0 Å². The number of anilines is 1. The molecular weight excluding hydrogens is 250 g/mol. The zero-order valence-corrected chi connectivity index (χ0v) is 11.6. The van der Waals surface area contributed by atoms with E-state index >= 15 is 0 Å². The summed E-state index contributed by atoms with van der Waals surface area (Å²) in [4.78, 5) is 12.0. The summed E-state index contributed by atoms with van der Waals surface area (Å²) >= 11 is 0. The fourth-order valence-corrected chi connectivity index (χ4v) is 2.10. The second-order valence-electron chi connectivity index (χ2n) is 4.81. The van der Waals surface area contributed by atoms with E-state index in [0.29, 0.717) is 18.5 Å². The van der Waals surface area contributed by atoms with Crippen molar-refractivity contribution < 1.29 is 9.53 Å². The molecule has 2 rings (SSSR count). The Hall–Kier alpha value is -2.29. The quantitative estimate of drug-likeness (QED) is 0.820. The summed E-state index contributed by atoms with van der Waals surface area (Å²) in [6, 6.07) is 15.3. The van der Waals surface area contributed by atoms with Gasteiger partial charge in [-0.1, -0.05) is 24.3 Å². The van der Waals surface area contributed by atoms with Crippen LogP contribution in [0.4, 0.5) is 5.69 Å². The van der Waals surface area contributed by atoms with Gasteiger partial charge < -0.3 is 10.5 Å². The summed E-state index contributed by atoms with van der Waals surface area (Å²) in [6.07, 6.45) is 1.74. The van der Waals surface area contributed by atoms with Crippen molar-refractivity contribution in [2.24, 2.45) is 0 Å². The van der Waals surface area contributed by atoms with E-state index in [9.17, 15) is 4.79 Å². The number of methoxy groups -OCH3 is 1. The first-order chi connectivity index (χ1) is 9.67. The molecule has 104 valence electrons. The molecule has 0 aliphatic rings. The lowest BCUT2D eigenvalue weighted by Crippen LogP contribution is -2.04. The van der Waals surface area contributed by atoms with Gasteiger partial charge in [-0.25, -0.2) is 0 Å². The molecule has 0 radical (unpaired) electrons. The standard InChI is InChI=1S/C17H19NO2/c1-20-17-9-6-13(7-10-17)5-8-16(19)12-14-3-2-4-15(18)11-14/h2-4,6-7,9-11H,5,8,12,18H2,1H3. The van der Waals surface area contributed by atoms with E-state index in [1.54, 1.807) is 7.11 Å². The van der Waals surface area contributed by atoms with Gasteiger partial charge in [-0.15, -0.1) is 0 Å². The normalized spacial score (nSPS) is 10.2. The summed E-state index contributed by atoms with van der Waals surface area (Å²) in [6.45, 7) is 0. The van der Waals surface area contributed by atoms with Gasteiger partial charge in [0.1, 0.15) is 11.5 Å². The van der Waals surface area contributed by atoms with Gasteiger partial charge in [-0.2, -0.15) is 0 Å². The molecule has 2 N–H and O–H groups in total. The summed E-state index contributed by atoms with van der Waals surface area (Å²) in [5.74, 6) is 1.06. The molecule has 0 saturated heterocycles. The van der Waals surface area contributed by atoms with Crippen LogP contribution in [0.1, 0.15) is 17.5 Å². The van der Waals surface area contributed by atoms with Gasteiger partial charge in [0.05, 0.1) is 7.11 Å². The van der Waals surface area contributed by atoms with Crippen molar-refractivity contribution >= 4 is 11.5 Å². The number of hydrogen-bond acceptors (Lipinski definition) is 3. The first-order valence-electron chi connectivity index (χ1n) is 6.66. The molecule has 0 unspecified atom stereocenters. The molecule has 0 aliphatic heterocycles. The Kier molecular flexibility index (Phi) is 4.77. The molecule has 0 saturated carbocycles. The lowest BCUT2D eigenvalue weighted by atomic mass is 10.0. The second-order valence-corrected chi connectivity index (χ2v) is 4.81. The molecular formula is C17H19NO2. The van der Waals surface area contributed by atoms with Crippen molar-refractivity contribution in [3.8, 4) is 5.75 Å². The van der Waals surface area contributed by atoms with E-state index in [0.717, 1.165) is 23.3 Å². The highest BCUT2D eigenvalue weighted by molar-refractivity contribution is 5.81. The van der Waals surface area contributed by atoms with E-state index in [-0.39, 0.29) is 5.78 Å². The van der Waals surface area contributed by atoms with Crippen LogP contribution in [0.2, 0.25) is 0 Å². The molecule has 0 spiro atoms. The van der Waals surface area contributed by atoms with Crippen molar-refractivity contribution in [2.75, 3.05) is 12.8 Å². The molecule has 0 heterocycles. The molecule has 20 heavy (non-hydrogen) atoms. The second kappa shape index (κ2) is 6.75. The minimum atomic E-state index is 0.228. The molecule has 2 aromatic rings. The summed E-state index contributed by atoms with van der Waals surface area (Å²) in [7, 11) is 1.64. The Balaban J connectivity index is 1.85. The van der Waals surface area contributed by atoms with Gasteiger partial charge in [0.2, 0.25) is 0 Å². The SMILES string of the molecule is COc1ccc(CCC(=O)Cc2cccc(N)c2)cc1. The average molecular weight is 269 g/mol. The Bertz CT molecular complexity index is 576. The molecule has 2 aromatic carbocycles. The maximum atomic E-state index is 12.0. The van der Waals surface area contributed by atoms with Crippen LogP contribution in [0.15, 0.2) is 48.5 Å². The van der Waals surface area contributed by atoms with E-state index < -0.39 is 0 Å². The Morgan fingerprint density at radius 1 is 1.10 bits per heavy atom. The number of carbonyl (C=O) groups excluding carboxylic acids is 1. The minimum absolute atomic E-state index is 0.228. The van der Waals surface area contributed by atoms with Crippen molar-refractivity contribution in [1.82, 2.24) is 0 Å². The first-order valence-corrected chi connectivity index (χ1v) is 6.66. The van der Waals surface area contributed by atoms with E-state index in [4.69, 9.17) is 10.5 Å². The topological polar surface area (TPSA) is 52.3 Å². The molecule has 0 fully saturated rings. The number of Topliss-reactive ketones (excluding diaryl/α,β-unsaturated/α-hetero) is 1. The highest BCUT2D eigenvalue weighted by Gasteiger charge is 2.05. The van der Waals surface area contributed by atoms with Crippen LogP contribution in [0, 0.1) is 0 Å². The van der Waals surface area contributed by atoms with Gasteiger partial charge >= 0.3 is 0 Å². The molecule has 0 amide bonds. The number of ether oxygens (including phenoxy) is 1. The number of nitrogens with two attached hydrogens (primary N) is 1. The van der Waals surface area contributed by atoms with E-state index in [1.807, 2.05) is 48.5 Å². The Morgan fingerprint density at radius 3 is 2.50 bits per heavy atom. The molecule has 0 aliphatic carbocycles. The number of aryl methyl sites for hydroxylation is 1. The third-order valence-electron chi connectivity index (χ3n) is 3.20. The fourth-order valence-electron chi connectivity index (χ4n) is 2.10. The van der Waals surface area contributed by atoms with Crippen LogP contribution in [-0.4, -0.2) is 12.9 Å². The number of rotatable bonds is 6. The van der Waals surface area contributed by atoms with Gasteiger partial charge in [-0.05, 0) is 41.8 Å². The third kappa shape index (κ3) is 4.12. The zero-order valence-electron chi connectivity index (χ0n) is 11.6. The van der Waals surface area contributed by atoms with Gasteiger partial charge in [0, 0.05) is 18.5 Å². The van der Waals surface area contributed by atoms with Crippen molar-refractivity contribution in [1.29, 1.82) is 0 Å². The van der Waals surface area contributed by atoms with Gasteiger partial charge in [0.15, 0.2) is 0 Å². The highest BCUT2D eigenvalue weighted by atomic mass is 16.5. The smallest absolute Gasteiger partial charge is 0.137 e. The van der Waals surface area contributed by atoms with Crippen LogP contribution >= 0.6 is 0 Å². The largest absolute Gasteiger partial charge is 0.497 e. The zero-order chi connectivity index (χ0) is 14.4. The van der Waals surface area contributed by atoms with Crippen LogP contribution < -0.4 is 10.5 Å². The highest BCUT2D eigenvalue weighted by Crippen LogP contribution is 2.14. The van der Waals surface area contributed by atoms with Crippen molar-refractivity contribution in [2.45, 2.75) is 19.3 Å². The van der Waals surface area contributed by atoms with E-state index in [1.165, 1.54) is 0 Å². The summed E-state index contributed by atoms with van der Waals surface area (Å²) in [5.41, 5.74) is 8.52. The van der Waals surface area contributed by atoms with Crippen LogP contribution in [0.5, 0.6) is 5.75 Å². The molecule has 0 atom stereocenters. The van der Waals surface area contributed by atoms with E-state index in [2.05, 4.69) is 0 Å². The lowest BCUT2D eigenvalue weighted by Gasteiger charge is -2.04. The predicted octanol–water partition coefficient (Wildman–Crippen LogP) is 3.02. The number of hydrogen-bond donors (Lipinski definition) is 1. The van der Waals surface area contributed by atoms with Gasteiger partial charge in [-0.3, -0.25) is 4.79 Å². The predicted molar refractivity (Wildman–Crippen MR) is 80.9 cm³/mol. The molecule has 0 aromatic heterocycles. The number of benzene rings is 2. The lowest BCUT2D eigenvalue weighted by molar-refractivity contribution is -0.118. The minimum Gasteiger partial charge on any atom is -0.497 e. The van der Waals surface area contributed by atoms with Crippen molar-refractivity contribution in [3.63, 3.8) is 0 Å². The number of carbonyl (C=O) groups is 1. The Labute approximate surface area is 119 Å². The molecule has 0 bridgehead atoms. The van der Waals surface area contributed by atoms with Gasteiger partial charge in [0.25, 0.3) is 0 Å². The third-order valence-corrected chi connectivity index (χ3v) is 3.20. The fraction of sp³-hybridized carbons (Fsp3) is 0.235.